The molecule has 20 heavy (non-hydrogen) atoms. The van der Waals surface area contributed by atoms with Gasteiger partial charge in [0, 0.05) is 0 Å². The molecule has 0 spiro atoms. The zero-order valence-corrected chi connectivity index (χ0v) is 12.1. The van der Waals surface area contributed by atoms with Crippen LogP contribution in [0.3, 0.4) is 0 Å². The Kier molecular flexibility index (Phi) is 5.38. The smallest absolute Gasteiger partial charge is 0.238 e. The Hall–Kier alpha value is -1.59. The predicted molar refractivity (Wildman–Crippen MR) is 82.7 cm³/mol. The molecule has 2 rings (SSSR count). The van der Waals surface area contributed by atoms with Crippen LogP contribution in [0.15, 0.2) is 29.3 Å². The molecule has 0 aliphatic carbocycles. The zero-order valence-electron chi connectivity index (χ0n) is 11.3. The van der Waals surface area contributed by atoms with Gasteiger partial charge in [0.25, 0.3) is 0 Å². The van der Waals surface area contributed by atoms with Crippen molar-refractivity contribution in [1.29, 1.82) is 0 Å². The lowest BCUT2D eigenvalue weighted by molar-refractivity contribution is -0.117. The van der Waals surface area contributed by atoms with Gasteiger partial charge in [-0.3, -0.25) is 9.69 Å². The molecular weight excluding hydrogens is 276 g/mol. The molecule has 1 amide bonds. The number of hydrogen-bond acceptors (Lipinski definition) is 3. The third-order valence-electron chi connectivity index (χ3n) is 3.15. The van der Waals surface area contributed by atoms with Gasteiger partial charge in [-0.2, -0.15) is 0 Å². The van der Waals surface area contributed by atoms with E-state index < -0.39 is 0 Å². The lowest BCUT2D eigenvalue weighted by Gasteiger charge is -2.15. The highest BCUT2D eigenvalue weighted by molar-refractivity contribution is 6.28. The first-order valence-corrected chi connectivity index (χ1v) is 7.22. The molecule has 1 aromatic carbocycles. The van der Waals surface area contributed by atoms with Gasteiger partial charge >= 0.3 is 0 Å². The van der Waals surface area contributed by atoms with Crippen molar-refractivity contribution in [3.05, 3.63) is 24.3 Å². The molecule has 1 saturated heterocycles. The summed E-state index contributed by atoms with van der Waals surface area (Å²) in [6, 6.07) is 7.30. The summed E-state index contributed by atoms with van der Waals surface area (Å²) in [6.07, 6.45) is 2.33. The molecule has 0 saturated carbocycles. The van der Waals surface area contributed by atoms with E-state index in [0.717, 1.165) is 13.1 Å². The van der Waals surface area contributed by atoms with Crippen molar-refractivity contribution in [2.75, 3.05) is 30.8 Å². The lowest BCUT2D eigenvalue weighted by atomic mass is 10.2. The number of para-hydroxylation sites is 2. The third kappa shape index (κ3) is 4.21. The van der Waals surface area contributed by atoms with Crippen molar-refractivity contribution in [2.45, 2.75) is 12.8 Å². The summed E-state index contributed by atoms with van der Waals surface area (Å²) in [6.45, 7) is 2.40. The average molecular weight is 295 g/mol. The number of nitrogens with two attached hydrogens (primary N) is 1. The summed E-state index contributed by atoms with van der Waals surface area (Å²) >= 11 is 5.62. The monoisotopic (exact) mass is 294 g/mol. The van der Waals surface area contributed by atoms with Crippen LogP contribution in [0.5, 0.6) is 0 Å². The Balaban J connectivity index is 2.02. The van der Waals surface area contributed by atoms with Crippen LogP contribution in [0, 0.1) is 0 Å². The van der Waals surface area contributed by atoms with Crippen molar-refractivity contribution in [3.8, 4) is 0 Å². The fourth-order valence-corrected chi connectivity index (χ4v) is 2.25. The number of anilines is 1. The fraction of sp³-hybridized carbons (Fsp3) is 0.429. The van der Waals surface area contributed by atoms with Crippen LogP contribution in [-0.4, -0.2) is 42.2 Å². The van der Waals surface area contributed by atoms with E-state index in [2.05, 4.69) is 15.2 Å². The molecule has 5 nitrogen and oxygen atoms in total. The van der Waals surface area contributed by atoms with Crippen LogP contribution in [0.4, 0.5) is 11.4 Å². The molecule has 1 aromatic rings. The van der Waals surface area contributed by atoms with Gasteiger partial charge in [0.05, 0.1) is 23.8 Å². The van der Waals surface area contributed by atoms with Crippen molar-refractivity contribution in [2.24, 2.45) is 10.7 Å². The summed E-state index contributed by atoms with van der Waals surface area (Å²) in [5, 5.41) is 2.88. The van der Waals surface area contributed by atoms with Crippen LogP contribution in [0.25, 0.3) is 0 Å². The Labute approximate surface area is 123 Å². The molecule has 108 valence electrons. The molecule has 0 radical (unpaired) electrons. The molecular formula is C14H19ClN4O. The van der Waals surface area contributed by atoms with Gasteiger partial charge in [0.15, 0.2) is 0 Å². The topological polar surface area (TPSA) is 70.7 Å². The number of likely N-dealkylation sites (tertiary alicyclic amines) is 1. The van der Waals surface area contributed by atoms with E-state index in [-0.39, 0.29) is 11.8 Å². The number of rotatable bonds is 5. The first kappa shape index (κ1) is 14.8. The summed E-state index contributed by atoms with van der Waals surface area (Å²) < 4.78 is 0. The number of nitrogens with one attached hydrogen (secondary N) is 1. The number of aliphatic imine (C=N–C) groups is 1. The Bertz CT molecular complexity index is 498. The maximum absolute atomic E-state index is 12.0. The Morgan fingerprint density at radius 2 is 2.05 bits per heavy atom. The van der Waals surface area contributed by atoms with Gasteiger partial charge in [0.1, 0.15) is 5.84 Å². The number of amides is 1. The molecule has 0 unspecified atom stereocenters. The van der Waals surface area contributed by atoms with Gasteiger partial charge in [-0.25, -0.2) is 4.99 Å². The van der Waals surface area contributed by atoms with Gasteiger partial charge < -0.3 is 11.1 Å². The van der Waals surface area contributed by atoms with Gasteiger partial charge in [0.2, 0.25) is 5.91 Å². The van der Waals surface area contributed by atoms with E-state index in [1.165, 1.54) is 12.8 Å². The Morgan fingerprint density at radius 1 is 1.35 bits per heavy atom. The summed E-state index contributed by atoms with van der Waals surface area (Å²) in [5.41, 5.74) is 6.92. The predicted octanol–water partition coefficient (Wildman–Crippen LogP) is 1.95. The number of alkyl halides is 1. The Morgan fingerprint density at radius 3 is 2.75 bits per heavy atom. The first-order valence-electron chi connectivity index (χ1n) is 6.69. The third-order valence-corrected chi connectivity index (χ3v) is 3.42. The number of nitrogens with zero attached hydrogens (tertiary/aromatic N) is 2. The summed E-state index contributed by atoms with van der Waals surface area (Å²) in [4.78, 5) is 18.4. The summed E-state index contributed by atoms with van der Waals surface area (Å²) in [7, 11) is 0. The van der Waals surface area contributed by atoms with Crippen molar-refractivity contribution >= 4 is 34.7 Å². The minimum atomic E-state index is -0.0287. The average Bonchev–Trinajstić information content (AvgIpc) is 2.93. The van der Waals surface area contributed by atoms with Gasteiger partial charge in [-0.1, -0.05) is 12.1 Å². The minimum absolute atomic E-state index is 0.0287. The van der Waals surface area contributed by atoms with E-state index in [4.69, 9.17) is 17.3 Å². The van der Waals surface area contributed by atoms with E-state index >= 15 is 0 Å². The maximum Gasteiger partial charge on any atom is 0.238 e. The van der Waals surface area contributed by atoms with Crippen molar-refractivity contribution in [1.82, 2.24) is 4.90 Å². The SMILES string of the molecule is NC(CCl)=Nc1ccccc1NC(=O)CN1CCCC1. The van der Waals surface area contributed by atoms with Gasteiger partial charge in [-0.15, -0.1) is 11.6 Å². The molecule has 1 fully saturated rings. The molecule has 0 aromatic heterocycles. The maximum atomic E-state index is 12.0. The van der Waals surface area contributed by atoms with Crippen LogP contribution >= 0.6 is 11.6 Å². The standard InChI is InChI=1S/C14H19ClN4O/c15-9-13(16)17-11-5-1-2-6-12(11)18-14(20)10-19-7-3-4-8-19/h1-2,5-6H,3-4,7-10H2,(H2,16,17)(H,18,20). The number of amidine groups is 1. The molecule has 1 aliphatic rings. The second-order valence-electron chi connectivity index (χ2n) is 4.79. The highest BCUT2D eigenvalue weighted by Crippen LogP contribution is 2.24. The number of carbonyl (C=O) groups is 1. The van der Waals surface area contributed by atoms with Crippen LogP contribution < -0.4 is 11.1 Å². The quantitative estimate of drug-likeness (QED) is 0.495. The fourth-order valence-electron chi connectivity index (χ4n) is 2.19. The summed E-state index contributed by atoms with van der Waals surface area (Å²) in [5.74, 6) is 0.461. The van der Waals surface area contributed by atoms with Crippen LogP contribution in [0.1, 0.15) is 12.8 Å². The first-order chi connectivity index (χ1) is 9.69. The second-order valence-corrected chi connectivity index (χ2v) is 5.05. The van der Waals surface area contributed by atoms with Gasteiger partial charge in [-0.05, 0) is 38.1 Å². The largest absolute Gasteiger partial charge is 0.386 e. The van der Waals surface area contributed by atoms with Crippen molar-refractivity contribution in [3.63, 3.8) is 0 Å². The molecule has 0 atom stereocenters. The number of benzene rings is 1. The van der Waals surface area contributed by atoms with E-state index in [9.17, 15) is 4.79 Å². The van der Waals surface area contributed by atoms with E-state index in [1.807, 2.05) is 18.2 Å². The van der Waals surface area contributed by atoms with Crippen LogP contribution in [0.2, 0.25) is 0 Å². The van der Waals surface area contributed by atoms with E-state index in [0.29, 0.717) is 23.8 Å². The number of carbonyl (C=O) groups excluding carboxylic acids is 1. The minimum Gasteiger partial charge on any atom is -0.386 e. The van der Waals surface area contributed by atoms with Crippen LogP contribution in [-0.2, 0) is 4.79 Å². The lowest BCUT2D eigenvalue weighted by Crippen LogP contribution is -2.30. The van der Waals surface area contributed by atoms with Crippen molar-refractivity contribution < 1.29 is 4.79 Å². The van der Waals surface area contributed by atoms with E-state index in [1.54, 1.807) is 6.07 Å². The molecule has 6 heteroatoms. The highest BCUT2D eigenvalue weighted by atomic mass is 35.5. The normalized spacial score (nSPS) is 16.4. The zero-order chi connectivity index (χ0) is 14.4. The number of halogens is 1. The molecule has 1 heterocycles. The molecule has 1 aliphatic heterocycles. The second kappa shape index (κ2) is 7.26. The molecule has 3 N–H and O–H groups in total. The number of hydrogen-bond donors (Lipinski definition) is 2. The highest BCUT2D eigenvalue weighted by Gasteiger charge is 2.15. The molecule has 0 bridgehead atoms.